The standard InChI is InChI=1S/C24H24F2N4O3S/c1-16-28-18(15-34-16)10-29-11-19(33-14-17-5-7-27-8-6-17)12-30(13-24(29)32)23(31)9-20-21(25)3-2-4-22(20)26/h2-8,15,19H,9-14H2,1H3. The molecule has 1 aliphatic heterocycles. The van der Waals surface area contributed by atoms with E-state index in [-0.39, 0.29) is 37.7 Å². The molecule has 34 heavy (non-hydrogen) atoms. The predicted octanol–water partition coefficient (Wildman–Crippen LogP) is 3.12. The summed E-state index contributed by atoms with van der Waals surface area (Å²) in [5.41, 5.74) is 1.35. The zero-order valence-electron chi connectivity index (χ0n) is 18.6. The molecule has 0 saturated carbocycles. The van der Waals surface area contributed by atoms with Gasteiger partial charge in [-0.2, -0.15) is 0 Å². The van der Waals surface area contributed by atoms with E-state index in [1.165, 1.54) is 22.3 Å². The van der Waals surface area contributed by atoms with Crippen LogP contribution < -0.4 is 0 Å². The van der Waals surface area contributed by atoms with Crippen LogP contribution in [-0.2, 0) is 33.9 Å². The van der Waals surface area contributed by atoms with Gasteiger partial charge in [-0.1, -0.05) is 6.07 Å². The van der Waals surface area contributed by atoms with Gasteiger partial charge in [0.25, 0.3) is 0 Å². The number of aromatic nitrogens is 2. The minimum atomic E-state index is -0.791. The van der Waals surface area contributed by atoms with Crippen LogP contribution in [0.1, 0.15) is 21.8 Å². The van der Waals surface area contributed by atoms with Crippen molar-refractivity contribution < 1.29 is 23.1 Å². The second-order valence-electron chi connectivity index (χ2n) is 8.07. The van der Waals surface area contributed by atoms with Crippen LogP contribution in [0.4, 0.5) is 8.78 Å². The van der Waals surface area contributed by atoms with Gasteiger partial charge in [0.2, 0.25) is 11.8 Å². The zero-order chi connectivity index (χ0) is 24.1. The summed E-state index contributed by atoms with van der Waals surface area (Å²) in [6.07, 6.45) is 2.35. The number of hydrogen-bond donors (Lipinski definition) is 0. The van der Waals surface area contributed by atoms with E-state index in [4.69, 9.17) is 4.74 Å². The van der Waals surface area contributed by atoms with Crippen LogP contribution in [0.15, 0.2) is 48.1 Å². The maximum Gasteiger partial charge on any atom is 0.242 e. The van der Waals surface area contributed by atoms with Crippen molar-refractivity contribution in [3.63, 3.8) is 0 Å². The number of benzene rings is 1. The number of hydrogen-bond acceptors (Lipinski definition) is 6. The van der Waals surface area contributed by atoms with Gasteiger partial charge in [-0.15, -0.1) is 11.3 Å². The Morgan fingerprint density at radius 3 is 2.59 bits per heavy atom. The number of pyridine rings is 1. The van der Waals surface area contributed by atoms with E-state index < -0.39 is 30.1 Å². The summed E-state index contributed by atoms with van der Waals surface area (Å²) < 4.78 is 34.3. The molecular formula is C24H24F2N4O3S. The van der Waals surface area contributed by atoms with Gasteiger partial charge in [0.1, 0.15) is 11.6 Å². The molecule has 1 atom stereocenters. The molecule has 0 N–H and O–H groups in total. The molecule has 1 aliphatic rings. The average Bonchev–Trinajstić information content (AvgIpc) is 3.16. The minimum absolute atomic E-state index is 0.123. The van der Waals surface area contributed by atoms with Gasteiger partial charge < -0.3 is 14.5 Å². The van der Waals surface area contributed by atoms with E-state index in [2.05, 4.69) is 9.97 Å². The van der Waals surface area contributed by atoms with Crippen molar-refractivity contribution in [1.29, 1.82) is 0 Å². The molecule has 0 bridgehead atoms. The third kappa shape index (κ3) is 6.00. The van der Waals surface area contributed by atoms with E-state index in [1.807, 2.05) is 24.4 Å². The van der Waals surface area contributed by atoms with Gasteiger partial charge in [0, 0.05) is 36.4 Å². The van der Waals surface area contributed by atoms with E-state index >= 15 is 0 Å². The van der Waals surface area contributed by atoms with Crippen LogP contribution in [-0.4, -0.2) is 57.3 Å². The molecule has 4 rings (SSSR count). The number of carbonyl (C=O) groups excluding carboxylic acids is 2. The van der Waals surface area contributed by atoms with Crippen molar-refractivity contribution in [3.8, 4) is 0 Å². The lowest BCUT2D eigenvalue weighted by Crippen LogP contribution is -2.40. The highest BCUT2D eigenvalue weighted by molar-refractivity contribution is 7.09. The number of thiazole rings is 1. The molecule has 1 aromatic carbocycles. The van der Waals surface area contributed by atoms with Crippen molar-refractivity contribution in [1.82, 2.24) is 19.8 Å². The van der Waals surface area contributed by atoms with Gasteiger partial charge in [0.15, 0.2) is 0 Å². The van der Waals surface area contributed by atoms with Gasteiger partial charge in [-0.05, 0) is 36.8 Å². The Hall–Kier alpha value is -3.24. The summed E-state index contributed by atoms with van der Waals surface area (Å²) >= 11 is 1.50. The summed E-state index contributed by atoms with van der Waals surface area (Å²) in [5.74, 6) is -2.40. The molecule has 0 radical (unpaired) electrons. The molecule has 3 heterocycles. The van der Waals surface area contributed by atoms with Crippen molar-refractivity contribution >= 4 is 23.2 Å². The first-order valence-corrected chi connectivity index (χ1v) is 11.7. The quantitative estimate of drug-likeness (QED) is 0.513. The molecule has 0 spiro atoms. The molecule has 2 amide bonds. The predicted molar refractivity (Wildman–Crippen MR) is 122 cm³/mol. The maximum absolute atomic E-state index is 14.1. The molecule has 7 nitrogen and oxygen atoms in total. The summed E-state index contributed by atoms with van der Waals surface area (Å²) in [4.78, 5) is 37.4. The zero-order valence-corrected chi connectivity index (χ0v) is 19.4. The van der Waals surface area contributed by atoms with Crippen molar-refractivity contribution in [3.05, 3.63) is 81.6 Å². The molecule has 2 aromatic heterocycles. The SMILES string of the molecule is Cc1nc(CN2CC(OCc3ccncc3)CN(C(=O)Cc3c(F)cccc3F)CC2=O)cs1. The van der Waals surface area contributed by atoms with Gasteiger partial charge in [-0.3, -0.25) is 14.6 Å². The Bertz CT molecular complexity index is 1140. The summed E-state index contributed by atoms with van der Waals surface area (Å²) in [7, 11) is 0. The molecule has 1 saturated heterocycles. The Labute approximate surface area is 200 Å². The topological polar surface area (TPSA) is 75.6 Å². The molecule has 10 heteroatoms. The number of nitrogens with zero attached hydrogens (tertiary/aromatic N) is 4. The van der Waals surface area contributed by atoms with Gasteiger partial charge in [0.05, 0.1) is 42.9 Å². The number of rotatable bonds is 7. The van der Waals surface area contributed by atoms with E-state index in [0.717, 1.165) is 28.4 Å². The number of aryl methyl sites for hydroxylation is 1. The summed E-state index contributed by atoms with van der Waals surface area (Å²) in [6.45, 7) is 2.64. The summed E-state index contributed by atoms with van der Waals surface area (Å²) in [5, 5.41) is 2.79. The Balaban J connectivity index is 1.52. The highest BCUT2D eigenvalue weighted by Gasteiger charge is 2.32. The highest BCUT2D eigenvalue weighted by atomic mass is 32.1. The van der Waals surface area contributed by atoms with Crippen LogP contribution in [0.3, 0.4) is 0 Å². The maximum atomic E-state index is 14.1. The van der Waals surface area contributed by atoms with Crippen LogP contribution in [0.5, 0.6) is 0 Å². The lowest BCUT2D eigenvalue weighted by atomic mass is 10.1. The molecule has 0 aliphatic carbocycles. The second-order valence-corrected chi connectivity index (χ2v) is 9.13. The number of carbonyl (C=O) groups is 2. The average molecular weight is 487 g/mol. The third-order valence-corrected chi connectivity index (χ3v) is 6.35. The van der Waals surface area contributed by atoms with Crippen molar-refractivity contribution in [2.45, 2.75) is 32.6 Å². The fourth-order valence-corrected chi connectivity index (χ4v) is 4.36. The molecule has 1 fully saturated rings. The summed E-state index contributed by atoms with van der Waals surface area (Å²) in [6, 6.07) is 7.10. The second kappa shape index (κ2) is 10.8. The van der Waals surface area contributed by atoms with E-state index in [0.29, 0.717) is 6.54 Å². The number of amides is 2. The monoisotopic (exact) mass is 486 g/mol. The Kier molecular flexibility index (Phi) is 7.59. The van der Waals surface area contributed by atoms with E-state index in [9.17, 15) is 18.4 Å². The van der Waals surface area contributed by atoms with Crippen LogP contribution >= 0.6 is 11.3 Å². The van der Waals surface area contributed by atoms with Gasteiger partial charge >= 0.3 is 0 Å². The fourth-order valence-electron chi connectivity index (χ4n) is 3.76. The van der Waals surface area contributed by atoms with Crippen molar-refractivity contribution in [2.24, 2.45) is 0 Å². The molecular weight excluding hydrogens is 462 g/mol. The minimum Gasteiger partial charge on any atom is -0.370 e. The smallest absolute Gasteiger partial charge is 0.242 e. The third-order valence-electron chi connectivity index (χ3n) is 5.52. The lowest BCUT2D eigenvalue weighted by Gasteiger charge is -2.24. The van der Waals surface area contributed by atoms with Crippen LogP contribution in [0.25, 0.3) is 0 Å². The lowest BCUT2D eigenvalue weighted by molar-refractivity contribution is -0.138. The first kappa shape index (κ1) is 23.9. The largest absolute Gasteiger partial charge is 0.370 e. The van der Waals surface area contributed by atoms with Crippen molar-refractivity contribution in [2.75, 3.05) is 19.6 Å². The molecule has 3 aromatic rings. The first-order valence-electron chi connectivity index (χ1n) is 10.8. The molecule has 1 unspecified atom stereocenters. The number of halogens is 2. The number of ether oxygens (including phenoxy) is 1. The van der Waals surface area contributed by atoms with Crippen LogP contribution in [0, 0.1) is 18.6 Å². The Morgan fingerprint density at radius 2 is 1.91 bits per heavy atom. The van der Waals surface area contributed by atoms with E-state index in [1.54, 1.807) is 17.3 Å². The van der Waals surface area contributed by atoms with Gasteiger partial charge in [-0.25, -0.2) is 13.8 Å². The van der Waals surface area contributed by atoms with Crippen LogP contribution in [0.2, 0.25) is 0 Å². The fraction of sp³-hybridized carbons (Fsp3) is 0.333. The first-order chi connectivity index (χ1) is 16.4. The Morgan fingerprint density at radius 1 is 1.18 bits per heavy atom. The normalized spacial score (nSPS) is 16.6. The highest BCUT2D eigenvalue weighted by Crippen LogP contribution is 2.18. The molecule has 178 valence electrons.